The molecule has 1 aliphatic rings. The van der Waals surface area contributed by atoms with E-state index in [1.54, 1.807) is 6.08 Å². The van der Waals surface area contributed by atoms with E-state index in [0.29, 0.717) is 12.8 Å². The zero-order chi connectivity index (χ0) is 57.5. The Morgan fingerprint density at radius 2 is 0.835 bits per heavy atom. The number of carbonyl (C=O) groups excluding carboxylic acids is 2. The van der Waals surface area contributed by atoms with Crippen molar-refractivity contribution in [2.75, 3.05) is 13.2 Å². The molecular formula is C68H129NO10. The van der Waals surface area contributed by atoms with Crippen molar-refractivity contribution in [2.45, 2.75) is 384 Å². The van der Waals surface area contributed by atoms with Crippen LogP contribution in [-0.2, 0) is 23.8 Å². The molecule has 1 fully saturated rings. The van der Waals surface area contributed by atoms with Gasteiger partial charge in [0.2, 0.25) is 5.91 Å². The van der Waals surface area contributed by atoms with Gasteiger partial charge in [-0.2, -0.15) is 0 Å². The van der Waals surface area contributed by atoms with Crippen molar-refractivity contribution in [3.05, 3.63) is 24.3 Å². The molecule has 0 radical (unpaired) electrons. The molecule has 1 amide bonds. The molecule has 8 atom stereocenters. The molecule has 1 rings (SSSR count). The smallest absolute Gasteiger partial charge is 0.306 e. The largest absolute Gasteiger partial charge is 0.454 e. The van der Waals surface area contributed by atoms with Crippen molar-refractivity contribution < 1.29 is 49.3 Å². The van der Waals surface area contributed by atoms with Crippen molar-refractivity contribution in [3.63, 3.8) is 0 Å². The first kappa shape index (κ1) is 75.2. The van der Waals surface area contributed by atoms with Crippen molar-refractivity contribution in [1.82, 2.24) is 5.32 Å². The van der Waals surface area contributed by atoms with Crippen LogP contribution in [0.1, 0.15) is 335 Å². The fraction of sp³-hybridized carbons (Fsp3) is 0.912. The van der Waals surface area contributed by atoms with Gasteiger partial charge in [0.05, 0.1) is 25.4 Å². The molecule has 0 aromatic rings. The van der Waals surface area contributed by atoms with E-state index in [4.69, 9.17) is 14.2 Å². The van der Waals surface area contributed by atoms with Gasteiger partial charge in [-0.05, 0) is 51.4 Å². The summed E-state index contributed by atoms with van der Waals surface area (Å²) >= 11 is 0. The molecule has 1 saturated heterocycles. The van der Waals surface area contributed by atoms with E-state index in [9.17, 15) is 35.1 Å². The minimum Gasteiger partial charge on any atom is -0.454 e. The topological polar surface area (TPSA) is 175 Å². The highest BCUT2D eigenvalue weighted by Crippen LogP contribution is 2.26. The van der Waals surface area contributed by atoms with Gasteiger partial charge in [0.15, 0.2) is 12.4 Å². The van der Waals surface area contributed by atoms with Crippen LogP contribution in [0.2, 0.25) is 0 Å². The van der Waals surface area contributed by atoms with E-state index < -0.39 is 67.4 Å². The standard InChI is InChI=1S/C68H129NO10/c1-4-7-10-13-16-19-22-24-26-27-28-29-30-31-32-33-34-35-36-38-41-44-47-50-53-56-63(73)79-66-65(75)64(74)62(57-70)78-68(66)77-58-59(60(71)54-51-48-45-42-39-21-18-15-12-9-6-3)69-67(76)61(72)55-52-49-46-43-40-37-25-23-20-17-14-11-8-5-2/h20,23,51,54,59-62,64-66,68,70-72,74-75H,4-19,21-22,24-50,52-53,55-58H2,1-3H3,(H,69,76)/b23-20-,54-51+. The Labute approximate surface area is 486 Å². The van der Waals surface area contributed by atoms with E-state index >= 15 is 0 Å². The van der Waals surface area contributed by atoms with Gasteiger partial charge in [-0.3, -0.25) is 9.59 Å². The number of carbonyl (C=O) groups is 2. The molecule has 0 aromatic heterocycles. The summed E-state index contributed by atoms with van der Waals surface area (Å²) in [6.07, 6.45) is 56.6. The molecule has 0 saturated carbocycles. The number of aliphatic hydroxyl groups excluding tert-OH is 5. The molecule has 466 valence electrons. The summed E-state index contributed by atoms with van der Waals surface area (Å²) in [6, 6.07) is -1.02. The first-order valence-corrected chi connectivity index (χ1v) is 34.1. The molecule has 1 aliphatic heterocycles. The van der Waals surface area contributed by atoms with Gasteiger partial charge in [0.1, 0.15) is 24.4 Å². The number of rotatable bonds is 59. The SMILES string of the molecule is CCCCCC/C=C\CCCCCCCCC(O)C(=O)NC(COC1OC(CO)C(O)C(O)C1OC(=O)CCCCCCCCCCCCCCCCCCCCCCCCCCC)C(O)/C=C/CCCCCCCCCCC. The minimum absolute atomic E-state index is 0.130. The van der Waals surface area contributed by atoms with Gasteiger partial charge in [-0.25, -0.2) is 0 Å². The van der Waals surface area contributed by atoms with Gasteiger partial charge in [0.25, 0.3) is 0 Å². The second-order valence-electron chi connectivity index (χ2n) is 23.9. The van der Waals surface area contributed by atoms with Gasteiger partial charge in [-0.15, -0.1) is 0 Å². The van der Waals surface area contributed by atoms with Crippen LogP contribution < -0.4 is 5.32 Å². The summed E-state index contributed by atoms with van der Waals surface area (Å²) < 4.78 is 17.7. The van der Waals surface area contributed by atoms with Crippen LogP contribution in [0.3, 0.4) is 0 Å². The highest BCUT2D eigenvalue weighted by atomic mass is 16.7. The normalized spacial score (nSPS) is 18.9. The number of ether oxygens (including phenoxy) is 3. The summed E-state index contributed by atoms with van der Waals surface area (Å²) in [4.78, 5) is 26.6. The Morgan fingerprint density at radius 1 is 0.481 bits per heavy atom. The van der Waals surface area contributed by atoms with Crippen LogP contribution >= 0.6 is 0 Å². The fourth-order valence-electron chi connectivity index (χ4n) is 10.9. The lowest BCUT2D eigenvalue weighted by Gasteiger charge is -2.41. The second-order valence-corrected chi connectivity index (χ2v) is 23.9. The van der Waals surface area contributed by atoms with Gasteiger partial charge in [0, 0.05) is 6.42 Å². The van der Waals surface area contributed by atoms with E-state index in [-0.39, 0.29) is 19.4 Å². The van der Waals surface area contributed by atoms with Crippen LogP contribution in [-0.4, -0.2) is 99.6 Å². The zero-order valence-corrected chi connectivity index (χ0v) is 51.8. The summed E-state index contributed by atoms with van der Waals surface area (Å²) in [5.74, 6) is -1.18. The third-order valence-electron chi connectivity index (χ3n) is 16.4. The molecule has 0 bridgehead atoms. The lowest BCUT2D eigenvalue weighted by atomic mass is 9.99. The summed E-state index contributed by atoms with van der Waals surface area (Å²) in [7, 11) is 0. The van der Waals surface area contributed by atoms with E-state index in [1.807, 2.05) is 6.08 Å². The first-order valence-electron chi connectivity index (χ1n) is 34.1. The molecular weight excluding hydrogens is 991 g/mol. The number of aliphatic hydroxyl groups is 5. The molecule has 0 spiro atoms. The Hall–Kier alpha value is -1.86. The molecule has 6 N–H and O–H groups in total. The van der Waals surface area contributed by atoms with Crippen molar-refractivity contribution in [1.29, 1.82) is 0 Å². The number of allylic oxidation sites excluding steroid dienone is 3. The predicted molar refractivity (Wildman–Crippen MR) is 329 cm³/mol. The Kier molecular flexibility index (Phi) is 53.9. The highest BCUT2D eigenvalue weighted by molar-refractivity contribution is 5.80. The van der Waals surface area contributed by atoms with E-state index in [2.05, 4.69) is 38.2 Å². The highest BCUT2D eigenvalue weighted by Gasteiger charge is 2.47. The van der Waals surface area contributed by atoms with Crippen molar-refractivity contribution >= 4 is 11.9 Å². The molecule has 8 unspecified atom stereocenters. The zero-order valence-electron chi connectivity index (χ0n) is 51.8. The number of amides is 1. The third kappa shape index (κ3) is 44.4. The van der Waals surface area contributed by atoms with Crippen molar-refractivity contribution in [2.24, 2.45) is 0 Å². The Morgan fingerprint density at radius 3 is 1.24 bits per heavy atom. The Balaban J connectivity index is 2.53. The quantitative estimate of drug-likeness (QED) is 0.0195. The minimum atomic E-state index is -1.61. The molecule has 79 heavy (non-hydrogen) atoms. The summed E-state index contributed by atoms with van der Waals surface area (Å²) in [5, 5.41) is 57.0. The van der Waals surface area contributed by atoms with Crippen molar-refractivity contribution in [3.8, 4) is 0 Å². The van der Waals surface area contributed by atoms with Crippen LogP contribution in [0.15, 0.2) is 24.3 Å². The monoisotopic (exact) mass is 1120 g/mol. The van der Waals surface area contributed by atoms with Gasteiger partial charge < -0.3 is 45.1 Å². The number of esters is 1. The number of hydrogen-bond donors (Lipinski definition) is 6. The maximum Gasteiger partial charge on any atom is 0.306 e. The molecule has 11 nitrogen and oxygen atoms in total. The number of nitrogens with one attached hydrogen (secondary N) is 1. The molecule has 11 heteroatoms. The Bertz CT molecular complexity index is 1380. The average Bonchev–Trinajstić information content (AvgIpc) is 3.45. The molecule has 1 heterocycles. The maximum absolute atomic E-state index is 13.4. The second kappa shape index (κ2) is 56.6. The number of unbranched alkanes of at least 4 members (excludes halogenated alkanes) is 43. The predicted octanol–water partition coefficient (Wildman–Crippen LogP) is 16.8. The van der Waals surface area contributed by atoms with Crippen LogP contribution in [0, 0.1) is 0 Å². The fourth-order valence-corrected chi connectivity index (χ4v) is 10.9. The van der Waals surface area contributed by atoms with E-state index in [0.717, 1.165) is 70.6 Å². The lowest BCUT2D eigenvalue weighted by Crippen LogP contribution is -2.61. The van der Waals surface area contributed by atoms with Crippen LogP contribution in [0.4, 0.5) is 0 Å². The van der Waals surface area contributed by atoms with E-state index in [1.165, 1.54) is 218 Å². The van der Waals surface area contributed by atoms with Crippen LogP contribution in [0.5, 0.6) is 0 Å². The van der Waals surface area contributed by atoms with Gasteiger partial charge >= 0.3 is 5.97 Å². The number of hydrogen-bond acceptors (Lipinski definition) is 10. The molecule has 0 aromatic carbocycles. The summed E-state index contributed by atoms with van der Waals surface area (Å²) in [6.45, 7) is 5.81. The average molecular weight is 1120 g/mol. The summed E-state index contributed by atoms with van der Waals surface area (Å²) in [5.41, 5.74) is 0. The third-order valence-corrected chi connectivity index (χ3v) is 16.4. The van der Waals surface area contributed by atoms with Crippen LogP contribution in [0.25, 0.3) is 0 Å². The first-order chi connectivity index (χ1) is 38.7. The maximum atomic E-state index is 13.4. The lowest BCUT2D eigenvalue weighted by molar-refractivity contribution is -0.305. The van der Waals surface area contributed by atoms with Gasteiger partial charge in [-0.1, -0.05) is 302 Å². The molecule has 0 aliphatic carbocycles.